The fraction of sp³-hybridized carbons (Fsp3) is 0.500. The fourth-order valence-electron chi connectivity index (χ4n) is 0.792. The smallest absolute Gasteiger partial charge is 0.331 e. The predicted octanol–water partition coefficient (Wildman–Crippen LogP) is -0.182. The first-order valence-corrected chi connectivity index (χ1v) is 3.27. The van der Waals surface area contributed by atoms with Gasteiger partial charge in [0.1, 0.15) is 0 Å². The summed E-state index contributed by atoms with van der Waals surface area (Å²) in [7, 11) is 1.52. The van der Waals surface area contributed by atoms with Crippen LogP contribution in [-0.4, -0.2) is 21.3 Å². The molecule has 0 fully saturated rings. The van der Waals surface area contributed by atoms with E-state index >= 15 is 0 Å². The number of nitrogens with zero attached hydrogens (tertiary/aromatic N) is 1. The topological polar surface area (TPSA) is 67.2 Å². The number of aromatic hydroxyl groups is 1. The number of H-pyrrole nitrogens is 1. The third-order valence-corrected chi connectivity index (χ3v) is 1.32. The van der Waals surface area contributed by atoms with Gasteiger partial charge in [0.2, 0.25) is 0 Å². The Morgan fingerprint density at radius 1 is 1.73 bits per heavy atom. The molecule has 0 aliphatic rings. The Morgan fingerprint density at radius 3 is 2.73 bits per heavy atom. The average Bonchev–Trinajstić information content (AvgIpc) is 2.17. The molecule has 0 aliphatic heterocycles. The van der Waals surface area contributed by atoms with Crippen LogP contribution in [0, 0.1) is 0 Å². The van der Waals surface area contributed by atoms with E-state index < -0.39 is 0 Å². The van der Waals surface area contributed by atoms with E-state index in [0.29, 0.717) is 6.61 Å². The van der Waals surface area contributed by atoms with Crippen LogP contribution in [0.1, 0.15) is 6.92 Å². The second-order valence-corrected chi connectivity index (χ2v) is 2.08. The zero-order valence-corrected chi connectivity index (χ0v) is 6.42. The first kappa shape index (κ1) is 7.71. The molecule has 2 N–H and O–H groups in total. The third kappa shape index (κ3) is 1.21. The molecule has 0 spiro atoms. The monoisotopic (exact) mass is 158 g/mol. The first-order valence-electron chi connectivity index (χ1n) is 3.27. The van der Waals surface area contributed by atoms with Crippen molar-refractivity contribution in [3.63, 3.8) is 0 Å². The number of hydrogen-bond donors (Lipinski definition) is 2. The zero-order valence-electron chi connectivity index (χ0n) is 6.42. The molecule has 62 valence electrons. The summed E-state index contributed by atoms with van der Waals surface area (Å²) in [6.07, 6.45) is 0. The van der Waals surface area contributed by atoms with E-state index in [1.807, 2.05) is 0 Å². The van der Waals surface area contributed by atoms with E-state index in [-0.39, 0.29) is 17.4 Å². The van der Waals surface area contributed by atoms with Gasteiger partial charge >= 0.3 is 5.69 Å². The van der Waals surface area contributed by atoms with Gasteiger partial charge < -0.3 is 9.84 Å². The van der Waals surface area contributed by atoms with Gasteiger partial charge in [-0.05, 0) is 6.92 Å². The summed E-state index contributed by atoms with van der Waals surface area (Å²) in [4.78, 5) is 13.0. The second-order valence-electron chi connectivity index (χ2n) is 2.08. The van der Waals surface area contributed by atoms with Crippen LogP contribution in [0.3, 0.4) is 0 Å². The van der Waals surface area contributed by atoms with Crippen molar-refractivity contribution < 1.29 is 9.84 Å². The van der Waals surface area contributed by atoms with Crippen LogP contribution < -0.4 is 10.4 Å². The number of imidazole rings is 1. The number of nitrogens with one attached hydrogen (secondary N) is 1. The maximum absolute atomic E-state index is 10.8. The largest absolute Gasteiger partial charge is 0.491 e. The highest BCUT2D eigenvalue weighted by Gasteiger charge is 2.09. The van der Waals surface area contributed by atoms with Crippen molar-refractivity contribution in [1.82, 2.24) is 9.55 Å². The average molecular weight is 158 g/mol. The summed E-state index contributed by atoms with van der Waals surface area (Å²) in [6, 6.07) is 0. The van der Waals surface area contributed by atoms with Gasteiger partial charge in [0.25, 0.3) is 11.8 Å². The molecule has 1 rings (SSSR count). The minimum atomic E-state index is -0.383. The summed E-state index contributed by atoms with van der Waals surface area (Å²) in [5.41, 5.74) is -0.383. The molecule has 0 amide bonds. The SMILES string of the molecule is CCOc1c(O)[nH]c(=O)n1C. The highest BCUT2D eigenvalue weighted by Crippen LogP contribution is 2.19. The van der Waals surface area contributed by atoms with Crippen LogP contribution in [-0.2, 0) is 7.05 Å². The maximum atomic E-state index is 10.8. The molecule has 1 aromatic heterocycles. The van der Waals surface area contributed by atoms with Crippen LogP contribution in [0.15, 0.2) is 4.79 Å². The molecule has 0 bridgehead atoms. The van der Waals surface area contributed by atoms with Crippen molar-refractivity contribution in [3.8, 4) is 11.8 Å². The van der Waals surface area contributed by atoms with E-state index in [2.05, 4.69) is 4.98 Å². The van der Waals surface area contributed by atoms with Crippen LogP contribution >= 0.6 is 0 Å². The van der Waals surface area contributed by atoms with Crippen molar-refractivity contribution in [3.05, 3.63) is 10.5 Å². The molecule has 5 heteroatoms. The first-order chi connectivity index (χ1) is 5.16. The molecule has 1 aromatic rings. The van der Waals surface area contributed by atoms with E-state index in [0.717, 1.165) is 0 Å². The Morgan fingerprint density at radius 2 is 2.36 bits per heavy atom. The summed E-state index contributed by atoms with van der Waals surface area (Å²) >= 11 is 0. The van der Waals surface area contributed by atoms with Gasteiger partial charge in [0.05, 0.1) is 6.61 Å². The molecule has 0 saturated carbocycles. The lowest BCUT2D eigenvalue weighted by Gasteiger charge is -2.01. The minimum Gasteiger partial charge on any atom is -0.491 e. The molecule has 0 saturated heterocycles. The molecule has 0 unspecified atom stereocenters. The van der Waals surface area contributed by atoms with Gasteiger partial charge in [-0.1, -0.05) is 0 Å². The van der Waals surface area contributed by atoms with Gasteiger partial charge in [0.15, 0.2) is 0 Å². The number of rotatable bonds is 2. The Labute approximate surface area is 63.2 Å². The van der Waals surface area contributed by atoms with E-state index in [1.165, 1.54) is 11.6 Å². The molecule has 11 heavy (non-hydrogen) atoms. The Bertz CT molecular complexity index is 299. The van der Waals surface area contributed by atoms with Crippen molar-refractivity contribution in [1.29, 1.82) is 0 Å². The third-order valence-electron chi connectivity index (χ3n) is 1.32. The highest BCUT2D eigenvalue weighted by atomic mass is 16.5. The summed E-state index contributed by atoms with van der Waals surface area (Å²) in [6.45, 7) is 2.19. The zero-order chi connectivity index (χ0) is 8.43. The lowest BCUT2D eigenvalue weighted by molar-refractivity contribution is 0.294. The quantitative estimate of drug-likeness (QED) is 0.627. The van der Waals surface area contributed by atoms with Gasteiger partial charge in [-0.2, -0.15) is 0 Å². The molecular formula is C6H10N2O3. The lowest BCUT2D eigenvalue weighted by atomic mass is 10.7. The van der Waals surface area contributed by atoms with E-state index in [4.69, 9.17) is 9.84 Å². The van der Waals surface area contributed by atoms with E-state index in [1.54, 1.807) is 6.92 Å². The number of aromatic nitrogens is 2. The van der Waals surface area contributed by atoms with Crippen LogP contribution in [0.2, 0.25) is 0 Å². The van der Waals surface area contributed by atoms with Gasteiger partial charge in [0, 0.05) is 7.05 Å². The summed E-state index contributed by atoms with van der Waals surface area (Å²) < 4.78 is 6.18. The minimum absolute atomic E-state index is 0.178. The van der Waals surface area contributed by atoms with Crippen molar-refractivity contribution in [2.24, 2.45) is 7.05 Å². The number of ether oxygens (including phenoxy) is 1. The second kappa shape index (κ2) is 2.69. The molecule has 0 atom stereocenters. The molecule has 1 heterocycles. The standard InChI is InChI=1S/C6H10N2O3/c1-3-11-5-4(9)7-6(10)8(5)2/h9H,3H2,1-2H3,(H,7,10). The van der Waals surface area contributed by atoms with Crippen molar-refractivity contribution in [2.45, 2.75) is 6.92 Å². The Balaban J connectivity index is 3.12. The molecule has 0 aliphatic carbocycles. The van der Waals surface area contributed by atoms with Crippen LogP contribution in [0.25, 0.3) is 0 Å². The molecular weight excluding hydrogens is 148 g/mol. The predicted molar refractivity (Wildman–Crippen MR) is 38.9 cm³/mol. The summed E-state index contributed by atoms with van der Waals surface area (Å²) in [5.74, 6) is -0.0446. The number of aromatic amines is 1. The van der Waals surface area contributed by atoms with Gasteiger partial charge in [-0.3, -0.25) is 9.55 Å². The Kier molecular flexibility index (Phi) is 1.89. The van der Waals surface area contributed by atoms with Crippen LogP contribution in [0.4, 0.5) is 0 Å². The highest BCUT2D eigenvalue weighted by molar-refractivity contribution is 5.24. The van der Waals surface area contributed by atoms with E-state index in [9.17, 15) is 4.79 Å². The maximum Gasteiger partial charge on any atom is 0.331 e. The summed E-state index contributed by atoms with van der Waals surface area (Å²) in [5, 5.41) is 9.04. The molecule has 0 radical (unpaired) electrons. The van der Waals surface area contributed by atoms with Gasteiger partial charge in [-0.25, -0.2) is 4.79 Å². The fourth-order valence-corrected chi connectivity index (χ4v) is 0.792. The molecule has 5 nitrogen and oxygen atoms in total. The van der Waals surface area contributed by atoms with Crippen molar-refractivity contribution >= 4 is 0 Å². The van der Waals surface area contributed by atoms with Gasteiger partial charge in [-0.15, -0.1) is 0 Å². The lowest BCUT2D eigenvalue weighted by Crippen LogP contribution is -2.13. The normalized spacial score (nSPS) is 10.0. The number of hydrogen-bond acceptors (Lipinski definition) is 3. The van der Waals surface area contributed by atoms with Crippen LogP contribution in [0.5, 0.6) is 11.8 Å². The van der Waals surface area contributed by atoms with Crippen molar-refractivity contribution in [2.75, 3.05) is 6.61 Å². The Hall–Kier alpha value is -1.39. The molecule has 0 aromatic carbocycles.